The van der Waals surface area contributed by atoms with Crippen molar-refractivity contribution < 1.29 is 5.11 Å². The molecule has 0 spiro atoms. The molecule has 0 aromatic rings. The third-order valence-electron chi connectivity index (χ3n) is 4.54. The number of aliphatic hydroxyl groups excluding tert-OH is 1. The van der Waals surface area contributed by atoms with E-state index in [4.69, 9.17) is 5.11 Å². The Kier molecular flexibility index (Phi) is 4.99. The van der Waals surface area contributed by atoms with Crippen LogP contribution in [0.1, 0.15) is 26.2 Å². The zero-order valence-electron chi connectivity index (χ0n) is 11.4. The van der Waals surface area contributed by atoms with Crippen LogP contribution in [-0.4, -0.2) is 60.3 Å². The lowest BCUT2D eigenvalue weighted by molar-refractivity contribution is 0.0460. The Morgan fingerprint density at radius 3 is 2.56 bits per heavy atom. The van der Waals surface area contributed by atoms with E-state index in [-0.39, 0.29) is 12.5 Å². The van der Waals surface area contributed by atoms with E-state index in [1.54, 1.807) is 0 Å². The van der Waals surface area contributed by atoms with Gasteiger partial charge in [0.15, 0.2) is 0 Å². The van der Waals surface area contributed by atoms with Gasteiger partial charge in [-0.2, -0.15) is 5.26 Å². The maximum absolute atomic E-state index is 9.29. The Hall–Kier alpha value is -0.630. The smallest absolute Gasteiger partial charge is 0.0672 e. The molecule has 0 radical (unpaired) electrons. The topological polar surface area (TPSA) is 50.5 Å². The largest absolute Gasteiger partial charge is 0.395 e. The molecule has 2 aliphatic rings. The van der Waals surface area contributed by atoms with Crippen LogP contribution in [0.25, 0.3) is 0 Å². The van der Waals surface area contributed by atoms with Crippen molar-refractivity contribution >= 4 is 0 Å². The highest BCUT2D eigenvalue weighted by atomic mass is 16.3. The van der Waals surface area contributed by atoms with E-state index in [0.717, 1.165) is 45.1 Å². The fraction of sp³-hybridized carbons (Fsp3) is 0.929. The van der Waals surface area contributed by atoms with Crippen molar-refractivity contribution in [3.8, 4) is 6.07 Å². The van der Waals surface area contributed by atoms with Gasteiger partial charge in [0.05, 0.1) is 18.6 Å². The summed E-state index contributed by atoms with van der Waals surface area (Å²) in [7, 11) is 0. The molecule has 1 saturated heterocycles. The predicted molar refractivity (Wildman–Crippen MR) is 71.0 cm³/mol. The normalized spacial score (nSPS) is 35.3. The Labute approximate surface area is 110 Å². The first-order chi connectivity index (χ1) is 8.74. The van der Waals surface area contributed by atoms with Gasteiger partial charge in [0.25, 0.3) is 0 Å². The predicted octanol–water partition coefficient (Wildman–Crippen LogP) is 0.925. The lowest BCUT2D eigenvalue weighted by atomic mass is 9.79. The average Bonchev–Trinajstić information content (AvgIpc) is 2.40. The third-order valence-corrected chi connectivity index (χ3v) is 4.54. The highest BCUT2D eigenvalue weighted by Gasteiger charge is 2.34. The number of nitriles is 1. The molecule has 4 nitrogen and oxygen atoms in total. The van der Waals surface area contributed by atoms with Gasteiger partial charge in [-0.25, -0.2) is 0 Å². The van der Waals surface area contributed by atoms with Crippen LogP contribution in [0, 0.1) is 23.2 Å². The Bertz CT molecular complexity index is 294. The van der Waals surface area contributed by atoms with Crippen LogP contribution >= 0.6 is 0 Å². The van der Waals surface area contributed by atoms with Crippen molar-refractivity contribution in [2.24, 2.45) is 11.8 Å². The van der Waals surface area contributed by atoms with Gasteiger partial charge in [-0.05, 0) is 25.2 Å². The van der Waals surface area contributed by atoms with Gasteiger partial charge >= 0.3 is 0 Å². The molecule has 1 saturated carbocycles. The summed E-state index contributed by atoms with van der Waals surface area (Å²) in [6.45, 7) is 7.51. The Morgan fingerprint density at radius 2 is 1.94 bits per heavy atom. The molecule has 3 atom stereocenters. The number of β-amino-alcohol motifs (C(OH)–C–C–N with tert-alkyl or cyclic N) is 1. The van der Waals surface area contributed by atoms with Crippen LogP contribution in [0.15, 0.2) is 0 Å². The van der Waals surface area contributed by atoms with E-state index >= 15 is 0 Å². The van der Waals surface area contributed by atoms with Crippen molar-refractivity contribution in [1.82, 2.24) is 9.80 Å². The molecule has 102 valence electrons. The van der Waals surface area contributed by atoms with Crippen LogP contribution in [0.3, 0.4) is 0 Å². The summed E-state index contributed by atoms with van der Waals surface area (Å²) in [5.41, 5.74) is 0. The highest BCUT2D eigenvalue weighted by Crippen LogP contribution is 2.32. The lowest BCUT2D eigenvalue weighted by Crippen LogP contribution is -2.53. The Balaban J connectivity index is 1.89. The minimum absolute atomic E-state index is 0.227. The lowest BCUT2D eigenvalue weighted by Gasteiger charge is -2.43. The van der Waals surface area contributed by atoms with Gasteiger partial charge in [-0.1, -0.05) is 6.92 Å². The monoisotopic (exact) mass is 251 g/mol. The minimum Gasteiger partial charge on any atom is -0.395 e. The first-order valence-electron chi connectivity index (χ1n) is 7.21. The molecule has 4 heteroatoms. The van der Waals surface area contributed by atoms with Crippen molar-refractivity contribution in [3.05, 3.63) is 0 Å². The standard InChI is InChI=1S/C14H25N3O/c1-12-2-3-13(11-15)14(10-12)17-6-4-16(5-7-17)8-9-18/h12-14,18H,2-10H2,1H3. The van der Waals surface area contributed by atoms with Crippen LogP contribution in [0.2, 0.25) is 0 Å². The highest BCUT2D eigenvalue weighted by molar-refractivity contribution is 4.98. The SMILES string of the molecule is CC1CCC(C#N)C(N2CCN(CCO)CC2)C1. The fourth-order valence-corrected chi connectivity index (χ4v) is 3.36. The molecule has 0 aromatic carbocycles. The van der Waals surface area contributed by atoms with Crippen molar-refractivity contribution in [2.75, 3.05) is 39.3 Å². The molecule has 1 aliphatic carbocycles. The van der Waals surface area contributed by atoms with Gasteiger partial charge in [-0.15, -0.1) is 0 Å². The third kappa shape index (κ3) is 3.23. The maximum atomic E-state index is 9.29. The molecular formula is C14H25N3O. The van der Waals surface area contributed by atoms with Crippen molar-refractivity contribution in [1.29, 1.82) is 5.26 Å². The van der Waals surface area contributed by atoms with Gasteiger partial charge in [0.1, 0.15) is 0 Å². The number of piperazine rings is 1. The molecule has 0 amide bonds. The van der Waals surface area contributed by atoms with Gasteiger partial charge in [-0.3, -0.25) is 9.80 Å². The number of aliphatic hydroxyl groups is 1. The molecular weight excluding hydrogens is 226 g/mol. The summed E-state index contributed by atoms with van der Waals surface area (Å²) in [6, 6.07) is 2.98. The van der Waals surface area contributed by atoms with Crippen LogP contribution < -0.4 is 0 Å². The molecule has 2 fully saturated rings. The van der Waals surface area contributed by atoms with Gasteiger partial charge in [0, 0.05) is 38.8 Å². The first-order valence-corrected chi connectivity index (χ1v) is 7.21. The Morgan fingerprint density at radius 1 is 1.22 bits per heavy atom. The maximum Gasteiger partial charge on any atom is 0.0672 e. The van der Waals surface area contributed by atoms with Crippen LogP contribution in [-0.2, 0) is 0 Å². The summed E-state index contributed by atoms with van der Waals surface area (Å²) in [5, 5.41) is 18.2. The van der Waals surface area contributed by atoms with E-state index < -0.39 is 0 Å². The molecule has 1 N–H and O–H groups in total. The van der Waals surface area contributed by atoms with E-state index in [1.165, 1.54) is 12.8 Å². The summed E-state index contributed by atoms with van der Waals surface area (Å²) in [5.74, 6) is 0.987. The molecule has 18 heavy (non-hydrogen) atoms. The van der Waals surface area contributed by atoms with E-state index in [2.05, 4.69) is 22.8 Å². The fourth-order valence-electron chi connectivity index (χ4n) is 3.36. The number of hydrogen-bond donors (Lipinski definition) is 1. The van der Waals surface area contributed by atoms with Crippen molar-refractivity contribution in [2.45, 2.75) is 32.2 Å². The van der Waals surface area contributed by atoms with E-state index in [0.29, 0.717) is 6.04 Å². The summed E-state index contributed by atoms with van der Waals surface area (Å²) < 4.78 is 0. The quantitative estimate of drug-likeness (QED) is 0.810. The number of rotatable bonds is 3. The van der Waals surface area contributed by atoms with Gasteiger partial charge in [0.2, 0.25) is 0 Å². The summed E-state index contributed by atoms with van der Waals surface area (Å²) in [4.78, 5) is 4.82. The zero-order chi connectivity index (χ0) is 13.0. The van der Waals surface area contributed by atoms with Crippen LogP contribution in [0.5, 0.6) is 0 Å². The van der Waals surface area contributed by atoms with Crippen LogP contribution in [0.4, 0.5) is 0 Å². The summed E-state index contributed by atoms with van der Waals surface area (Å²) >= 11 is 0. The molecule has 0 aromatic heterocycles. The molecule has 3 unspecified atom stereocenters. The molecule has 0 bridgehead atoms. The molecule has 1 aliphatic heterocycles. The van der Waals surface area contributed by atoms with Crippen molar-refractivity contribution in [3.63, 3.8) is 0 Å². The van der Waals surface area contributed by atoms with E-state index in [1.807, 2.05) is 0 Å². The number of nitrogens with zero attached hydrogens (tertiary/aromatic N) is 3. The second kappa shape index (κ2) is 6.51. The number of hydrogen-bond acceptors (Lipinski definition) is 4. The average molecular weight is 251 g/mol. The second-order valence-corrected chi connectivity index (χ2v) is 5.82. The van der Waals surface area contributed by atoms with E-state index in [9.17, 15) is 5.26 Å². The van der Waals surface area contributed by atoms with Gasteiger partial charge < -0.3 is 5.11 Å². The summed E-state index contributed by atoms with van der Waals surface area (Å²) in [6.07, 6.45) is 3.45. The zero-order valence-corrected chi connectivity index (χ0v) is 11.4. The second-order valence-electron chi connectivity index (χ2n) is 5.82. The molecule has 1 heterocycles. The molecule has 2 rings (SSSR count). The minimum atomic E-state index is 0.227. The first kappa shape index (κ1) is 13.8.